The second-order valence-corrected chi connectivity index (χ2v) is 5.98. The molecule has 0 spiro atoms. The van der Waals surface area contributed by atoms with Crippen LogP contribution >= 0.6 is 0 Å². The fourth-order valence-corrected chi connectivity index (χ4v) is 2.72. The quantitative estimate of drug-likeness (QED) is 0.697. The van der Waals surface area contributed by atoms with Crippen molar-refractivity contribution in [1.82, 2.24) is 5.32 Å². The zero-order valence-corrected chi connectivity index (χ0v) is 13.3. The molecule has 2 nitrogen and oxygen atoms in total. The minimum Gasteiger partial charge on any atom is -0.383 e. The summed E-state index contributed by atoms with van der Waals surface area (Å²) in [5, 5.41) is 3.46. The summed E-state index contributed by atoms with van der Waals surface area (Å²) < 4.78 is 18.3. The van der Waals surface area contributed by atoms with E-state index in [1.807, 2.05) is 13.0 Å². The fourth-order valence-electron chi connectivity index (χ4n) is 2.72. The molecule has 1 atom stereocenters. The average Bonchev–Trinajstić information content (AvgIpc) is 2.39. The lowest BCUT2D eigenvalue weighted by Crippen LogP contribution is -2.35. The van der Waals surface area contributed by atoms with Crippen molar-refractivity contribution in [2.45, 2.75) is 40.0 Å². The molecule has 0 aromatic heterocycles. The lowest BCUT2D eigenvalue weighted by molar-refractivity contribution is 0.190. The number of methoxy groups -OCH3 is 1. The van der Waals surface area contributed by atoms with Crippen LogP contribution in [0.2, 0.25) is 0 Å². The topological polar surface area (TPSA) is 21.3 Å². The van der Waals surface area contributed by atoms with Crippen LogP contribution in [0.5, 0.6) is 0 Å². The molecule has 0 heterocycles. The first kappa shape index (κ1) is 17.1. The van der Waals surface area contributed by atoms with Gasteiger partial charge in [0.1, 0.15) is 5.82 Å². The second kappa shape index (κ2) is 8.38. The molecular weight excluding hydrogens is 253 g/mol. The van der Waals surface area contributed by atoms with Gasteiger partial charge in [-0.2, -0.15) is 0 Å². The fraction of sp³-hybridized carbons (Fsp3) is 0.647. The number of halogens is 1. The molecule has 1 unspecified atom stereocenters. The maximum absolute atomic E-state index is 13.2. The van der Waals surface area contributed by atoms with Crippen molar-refractivity contribution in [3.63, 3.8) is 0 Å². The van der Waals surface area contributed by atoms with E-state index in [1.165, 1.54) is 5.56 Å². The smallest absolute Gasteiger partial charge is 0.123 e. The van der Waals surface area contributed by atoms with Gasteiger partial charge < -0.3 is 10.1 Å². The van der Waals surface area contributed by atoms with Crippen molar-refractivity contribution < 1.29 is 9.13 Å². The molecule has 0 saturated heterocycles. The Morgan fingerprint density at radius 2 is 2.10 bits per heavy atom. The summed E-state index contributed by atoms with van der Waals surface area (Å²) in [6, 6.07) is 5.11. The van der Waals surface area contributed by atoms with E-state index in [0.717, 1.165) is 44.5 Å². The normalized spacial score (nSPS) is 14.2. The number of hydrogen-bond acceptors (Lipinski definition) is 2. The van der Waals surface area contributed by atoms with Crippen LogP contribution in [0.15, 0.2) is 18.2 Å². The Morgan fingerprint density at radius 1 is 1.35 bits per heavy atom. The molecule has 1 N–H and O–H groups in total. The predicted octanol–water partition coefficient (Wildman–Crippen LogP) is 3.72. The van der Waals surface area contributed by atoms with Crippen LogP contribution in [-0.2, 0) is 11.2 Å². The van der Waals surface area contributed by atoms with E-state index in [0.29, 0.717) is 0 Å². The average molecular weight is 281 g/mol. The molecular formula is C17H28FNO. The predicted molar refractivity (Wildman–Crippen MR) is 82.6 cm³/mol. The maximum Gasteiger partial charge on any atom is 0.123 e. The summed E-state index contributed by atoms with van der Waals surface area (Å²) in [5.41, 5.74) is 2.49. The van der Waals surface area contributed by atoms with Gasteiger partial charge in [0.25, 0.3) is 0 Å². The Kier molecular flexibility index (Phi) is 7.17. The SMILES string of the molecule is CCCC(C)(CNCCOC)Cc1ccc(F)cc1C. The van der Waals surface area contributed by atoms with Crippen LogP contribution in [0.4, 0.5) is 4.39 Å². The van der Waals surface area contributed by atoms with E-state index in [2.05, 4.69) is 19.2 Å². The molecule has 1 aromatic rings. The molecule has 1 aromatic carbocycles. The van der Waals surface area contributed by atoms with Crippen LogP contribution in [0.1, 0.15) is 37.8 Å². The van der Waals surface area contributed by atoms with Gasteiger partial charge in [0.15, 0.2) is 0 Å². The summed E-state index contributed by atoms with van der Waals surface area (Å²) in [5.74, 6) is -0.151. The van der Waals surface area contributed by atoms with E-state index in [-0.39, 0.29) is 11.2 Å². The molecule has 0 saturated carbocycles. The van der Waals surface area contributed by atoms with Crippen molar-refractivity contribution in [2.24, 2.45) is 5.41 Å². The van der Waals surface area contributed by atoms with Crippen LogP contribution in [0, 0.1) is 18.2 Å². The van der Waals surface area contributed by atoms with Crippen LogP contribution in [-0.4, -0.2) is 26.8 Å². The molecule has 0 radical (unpaired) electrons. The molecule has 0 amide bonds. The number of ether oxygens (including phenoxy) is 1. The number of aryl methyl sites for hydroxylation is 1. The minimum atomic E-state index is -0.151. The first-order chi connectivity index (χ1) is 9.50. The first-order valence-corrected chi connectivity index (χ1v) is 7.45. The third-order valence-corrected chi connectivity index (χ3v) is 3.81. The first-order valence-electron chi connectivity index (χ1n) is 7.45. The van der Waals surface area contributed by atoms with Crippen LogP contribution in [0.25, 0.3) is 0 Å². The standard InChI is InChI=1S/C17H28FNO/c1-5-8-17(3,13-19-9-10-20-4)12-15-6-7-16(18)11-14(15)2/h6-7,11,19H,5,8-10,12-13H2,1-4H3. The number of rotatable bonds is 9. The third-order valence-electron chi connectivity index (χ3n) is 3.81. The monoisotopic (exact) mass is 281 g/mol. The van der Waals surface area contributed by atoms with Crippen molar-refractivity contribution in [3.05, 3.63) is 35.1 Å². The lowest BCUT2D eigenvalue weighted by atomic mass is 9.78. The van der Waals surface area contributed by atoms with Gasteiger partial charge in [0, 0.05) is 20.2 Å². The highest BCUT2D eigenvalue weighted by Crippen LogP contribution is 2.29. The second-order valence-electron chi connectivity index (χ2n) is 5.98. The van der Waals surface area contributed by atoms with Gasteiger partial charge in [-0.25, -0.2) is 4.39 Å². The maximum atomic E-state index is 13.2. The summed E-state index contributed by atoms with van der Waals surface area (Å²) in [6.07, 6.45) is 3.29. The van der Waals surface area contributed by atoms with E-state index in [4.69, 9.17) is 4.74 Å². The molecule has 0 bridgehead atoms. The molecule has 114 valence electrons. The Hall–Kier alpha value is -0.930. The van der Waals surface area contributed by atoms with Gasteiger partial charge in [0.05, 0.1) is 6.61 Å². The largest absolute Gasteiger partial charge is 0.383 e. The number of benzene rings is 1. The van der Waals surface area contributed by atoms with E-state index >= 15 is 0 Å². The zero-order valence-electron chi connectivity index (χ0n) is 13.3. The van der Waals surface area contributed by atoms with Crippen molar-refractivity contribution in [2.75, 3.05) is 26.8 Å². The Balaban J connectivity index is 2.69. The van der Waals surface area contributed by atoms with Crippen molar-refractivity contribution >= 4 is 0 Å². The summed E-state index contributed by atoms with van der Waals surface area (Å²) in [4.78, 5) is 0. The summed E-state index contributed by atoms with van der Waals surface area (Å²) >= 11 is 0. The minimum absolute atomic E-state index is 0.151. The highest BCUT2D eigenvalue weighted by molar-refractivity contribution is 5.27. The molecule has 20 heavy (non-hydrogen) atoms. The Bertz CT molecular complexity index is 408. The molecule has 0 aliphatic carbocycles. The Labute approximate surface area is 122 Å². The Morgan fingerprint density at radius 3 is 2.70 bits per heavy atom. The number of nitrogens with one attached hydrogen (secondary N) is 1. The van der Waals surface area contributed by atoms with Gasteiger partial charge >= 0.3 is 0 Å². The van der Waals surface area contributed by atoms with Crippen LogP contribution in [0.3, 0.4) is 0 Å². The molecule has 0 aliphatic rings. The van der Waals surface area contributed by atoms with E-state index < -0.39 is 0 Å². The van der Waals surface area contributed by atoms with Gasteiger partial charge in [-0.15, -0.1) is 0 Å². The third kappa shape index (κ3) is 5.59. The van der Waals surface area contributed by atoms with Gasteiger partial charge in [-0.3, -0.25) is 0 Å². The number of hydrogen-bond donors (Lipinski definition) is 1. The van der Waals surface area contributed by atoms with E-state index in [1.54, 1.807) is 19.2 Å². The van der Waals surface area contributed by atoms with Gasteiger partial charge in [-0.1, -0.05) is 26.3 Å². The zero-order chi connectivity index (χ0) is 15.0. The molecule has 0 fully saturated rings. The van der Waals surface area contributed by atoms with E-state index in [9.17, 15) is 4.39 Å². The van der Waals surface area contributed by atoms with Gasteiger partial charge in [-0.05, 0) is 48.4 Å². The molecule has 1 rings (SSSR count). The van der Waals surface area contributed by atoms with Crippen molar-refractivity contribution in [3.8, 4) is 0 Å². The molecule has 3 heteroatoms. The van der Waals surface area contributed by atoms with Crippen LogP contribution < -0.4 is 5.32 Å². The summed E-state index contributed by atoms with van der Waals surface area (Å²) in [7, 11) is 1.72. The molecule has 0 aliphatic heterocycles. The highest BCUT2D eigenvalue weighted by atomic mass is 19.1. The highest BCUT2D eigenvalue weighted by Gasteiger charge is 2.24. The van der Waals surface area contributed by atoms with Crippen molar-refractivity contribution in [1.29, 1.82) is 0 Å². The van der Waals surface area contributed by atoms with Gasteiger partial charge in [0.2, 0.25) is 0 Å². The lowest BCUT2D eigenvalue weighted by Gasteiger charge is -2.30. The summed E-state index contributed by atoms with van der Waals surface area (Å²) in [6.45, 7) is 9.07.